The SMILES string of the molecule is O=C(c1cscn1)N1CCOc2ccccc21. The lowest BCUT2D eigenvalue weighted by Crippen LogP contribution is -2.38. The Morgan fingerprint density at radius 3 is 3.12 bits per heavy atom. The molecule has 3 rings (SSSR count). The van der Waals surface area contributed by atoms with Gasteiger partial charge in [0, 0.05) is 5.38 Å². The first-order valence-electron chi connectivity index (χ1n) is 5.28. The number of aromatic nitrogens is 1. The average Bonchev–Trinajstić information content (AvgIpc) is 2.91. The lowest BCUT2D eigenvalue weighted by molar-refractivity contribution is 0.0972. The van der Waals surface area contributed by atoms with Crippen LogP contribution < -0.4 is 9.64 Å². The molecule has 4 nitrogen and oxygen atoms in total. The van der Waals surface area contributed by atoms with Crippen LogP contribution in [0.1, 0.15) is 10.5 Å². The largest absolute Gasteiger partial charge is 0.490 e. The molecule has 1 aliphatic rings. The predicted octanol–water partition coefficient (Wildman–Crippen LogP) is 2.18. The van der Waals surface area contributed by atoms with E-state index in [1.807, 2.05) is 24.3 Å². The molecule has 5 heteroatoms. The van der Waals surface area contributed by atoms with Gasteiger partial charge in [-0.1, -0.05) is 12.1 Å². The van der Waals surface area contributed by atoms with E-state index in [1.54, 1.807) is 15.8 Å². The molecule has 0 unspecified atom stereocenters. The summed E-state index contributed by atoms with van der Waals surface area (Å²) in [6, 6.07) is 7.55. The second kappa shape index (κ2) is 4.18. The molecule has 2 heterocycles. The van der Waals surface area contributed by atoms with Gasteiger partial charge in [0.15, 0.2) is 0 Å². The van der Waals surface area contributed by atoms with Crippen LogP contribution in [0, 0.1) is 0 Å². The van der Waals surface area contributed by atoms with Gasteiger partial charge in [-0.05, 0) is 12.1 Å². The number of anilines is 1. The smallest absolute Gasteiger partial charge is 0.277 e. The van der Waals surface area contributed by atoms with Crippen molar-refractivity contribution in [1.82, 2.24) is 4.98 Å². The molecule has 0 aliphatic carbocycles. The van der Waals surface area contributed by atoms with Crippen molar-refractivity contribution >= 4 is 22.9 Å². The maximum atomic E-state index is 12.2. The molecule has 1 aliphatic heterocycles. The van der Waals surface area contributed by atoms with E-state index in [4.69, 9.17) is 4.74 Å². The molecule has 0 saturated carbocycles. The molecule has 2 aromatic rings. The minimum absolute atomic E-state index is 0.0676. The van der Waals surface area contributed by atoms with E-state index in [2.05, 4.69) is 4.98 Å². The van der Waals surface area contributed by atoms with Crippen LogP contribution in [0.3, 0.4) is 0 Å². The van der Waals surface area contributed by atoms with Crippen molar-refractivity contribution in [3.8, 4) is 5.75 Å². The van der Waals surface area contributed by atoms with Crippen molar-refractivity contribution in [2.45, 2.75) is 0 Å². The second-order valence-corrected chi connectivity index (χ2v) is 4.37. The van der Waals surface area contributed by atoms with Crippen molar-refractivity contribution in [3.05, 3.63) is 40.8 Å². The number of para-hydroxylation sites is 2. The molecule has 0 N–H and O–H groups in total. The van der Waals surface area contributed by atoms with Gasteiger partial charge in [0.1, 0.15) is 18.1 Å². The predicted molar refractivity (Wildman–Crippen MR) is 65.7 cm³/mol. The number of fused-ring (bicyclic) bond motifs is 1. The van der Waals surface area contributed by atoms with Crippen LogP contribution in [-0.2, 0) is 0 Å². The van der Waals surface area contributed by atoms with Gasteiger partial charge < -0.3 is 9.64 Å². The fourth-order valence-corrected chi connectivity index (χ4v) is 2.36. The van der Waals surface area contributed by atoms with E-state index in [9.17, 15) is 4.79 Å². The normalized spacial score (nSPS) is 14.0. The summed E-state index contributed by atoms with van der Waals surface area (Å²) in [4.78, 5) is 18.0. The van der Waals surface area contributed by atoms with E-state index in [0.717, 1.165) is 11.4 Å². The number of ether oxygens (including phenoxy) is 1. The monoisotopic (exact) mass is 246 g/mol. The van der Waals surface area contributed by atoms with Gasteiger partial charge in [-0.15, -0.1) is 11.3 Å². The number of thiazole rings is 1. The lowest BCUT2D eigenvalue weighted by Gasteiger charge is -2.28. The minimum atomic E-state index is -0.0676. The Bertz CT molecular complexity index is 539. The van der Waals surface area contributed by atoms with Crippen LogP contribution in [-0.4, -0.2) is 24.0 Å². The van der Waals surface area contributed by atoms with E-state index >= 15 is 0 Å². The van der Waals surface area contributed by atoms with E-state index in [1.165, 1.54) is 11.3 Å². The molecule has 0 fully saturated rings. The van der Waals surface area contributed by atoms with Crippen molar-refractivity contribution in [1.29, 1.82) is 0 Å². The number of amides is 1. The highest BCUT2D eigenvalue weighted by atomic mass is 32.1. The first-order chi connectivity index (χ1) is 8.36. The molecular formula is C12H10N2O2S. The number of nitrogens with zero attached hydrogens (tertiary/aromatic N) is 2. The standard InChI is InChI=1S/C12H10N2O2S/c15-12(9-7-17-8-13-9)14-5-6-16-11-4-2-1-3-10(11)14/h1-4,7-8H,5-6H2. The maximum Gasteiger partial charge on any atom is 0.277 e. The molecule has 0 spiro atoms. The topological polar surface area (TPSA) is 42.4 Å². The van der Waals surface area contributed by atoms with Crippen LogP contribution >= 0.6 is 11.3 Å². The number of carbonyl (C=O) groups is 1. The zero-order chi connectivity index (χ0) is 11.7. The number of benzene rings is 1. The van der Waals surface area contributed by atoms with Crippen LogP contribution in [0.4, 0.5) is 5.69 Å². The number of hydrogen-bond acceptors (Lipinski definition) is 4. The first kappa shape index (κ1) is 10.3. The van der Waals surface area contributed by atoms with Crippen molar-refractivity contribution < 1.29 is 9.53 Å². The van der Waals surface area contributed by atoms with Crippen molar-refractivity contribution in [2.24, 2.45) is 0 Å². The molecule has 0 saturated heterocycles. The van der Waals surface area contributed by atoms with Crippen LogP contribution in [0.5, 0.6) is 5.75 Å². The fraction of sp³-hybridized carbons (Fsp3) is 0.167. The van der Waals surface area contributed by atoms with E-state index in [-0.39, 0.29) is 5.91 Å². The highest BCUT2D eigenvalue weighted by Gasteiger charge is 2.25. The summed E-state index contributed by atoms with van der Waals surface area (Å²) < 4.78 is 5.51. The Kier molecular flexibility index (Phi) is 2.53. The summed E-state index contributed by atoms with van der Waals surface area (Å²) in [5, 5.41) is 1.76. The summed E-state index contributed by atoms with van der Waals surface area (Å²) in [5.41, 5.74) is 2.98. The highest BCUT2D eigenvalue weighted by Crippen LogP contribution is 2.31. The molecule has 17 heavy (non-hydrogen) atoms. The Balaban J connectivity index is 1.98. The first-order valence-corrected chi connectivity index (χ1v) is 6.22. The third kappa shape index (κ3) is 1.78. The van der Waals surface area contributed by atoms with Gasteiger partial charge in [-0.25, -0.2) is 4.98 Å². The Labute approximate surface area is 102 Å². The molecule has 1 aromatic heterocycles. The molecule has 1 aromatic carbocycles. The average molecular weight is 246 g/mol. The Hall–Kier alpha value is -1.88. The van der Waals surface area contributed by atoms with Crippen molar-refractivity contribution in [2.75, 3.05) is 18.1 Å². The van der Waals surface area contributed by atoms with Crippen molar-refractivity contribution in [3.63, 3.8) is 0 Å². The Morgan fingerprint density at radius 1 is 1.41 bits per heavy atom. The maximum absolute atomic E-state index is 12.2. The lowest BCUT2D eigenvalue weighted by atomic mass is 10.2. The number of rotatable bonds is 1. The third-order valence-corrected chi connectivity index (χ3v) is 3.21. The quantitative estimate of drug-likeness (QED) is 0.774. The molecule has 0 atom stereocenters. The zero-order valence-corrected chi connectivity index (χ0v) is 9.81. The summed E-state index contributed by atoms with van der Waals surface area (Å²) in [6.07, 6.45) is 0. The second-order valence-electron chi connectivity index (χ2n) is 3.65. The third-order valence-electron chi connectivity index (χ3n) is 2.63. The van der Waals surface area contributed by atoms with Crippen LogP contribution in [0.15, 0.2) is 35.2 Å². The van der Waals surface area contributed by atoms with Gasteiger partial charge in [0.25, 0.3) is 5.91 Å². The molecule has 1 amide bonds. The zero-order valence-electron chi connectivity index (χ0n) is 9.00. The summed E-state index contributed by atoms with van der Waals surface area (Å²) >= 11 is 1.42. The van der Waals surface area contributed by atoms with Crippen LogP contribution in [0.2, 0.25) is 0 Å². The Morgan fingerprint density at radius 2 is 2.29 bits per heavy atom. The van der Waals surface area contributed by atoms with Gasteiger partial charge in [0.05, 0.1) is 17.7 Å². The minimum Gasteiger partial charge on any atom is -0.490 e. The summed E-state index contributed by atoms with van der Waals surface area (Å²) in [5.74, 6) is 0.685. The molecule has 0 radical (unpaired) electrons. The van der Waals surface area contributed by atoms with E-state index in [0.29, 0.717) is 18.8 Å². The summed E-state index contributed by atoms with van der Waals surface area (Å²) in [6.45, 7) is 1.08. The van der Waals surface area contributed by atoms with E-state index < -0.39 is 0 Å². The van der Waals surface area contributed by atoms with Gasteiger partial charge >= 0.3 is 0 Å². The van der Waals surface area contributed by atoms with Gasteiger partial charge in [-0.3, -0.25) is 4.79 Å². The summed E-state index contributed by atoms with van der Waals surface area (Å²) in [7, 11) is 0. The number of carbonyl (C=O) groups excluding carboxylic acids is 1. The molecule has 86 valence electrons. The fourth-order valence-electron chi connectivity index (χ4n) is 1.84. The van der Waals surface area contributed by atoms with Crippen LogP contribution in [0.25, 0.3) is 0 Å². The molecular weight excluding hydrogens is 236 g/mol. The van der Waals surface area contributed by atoms with Gasteiger partial charge in [0.2, 0.25) is 0 Å². The van der Waals surface area contributed by atoms with Gasteiger partial charge in [-0.2, -0.15) is 0 Å². The molecule has 0 bridgehead atoms. The number of hydrogen-bond donors (Lipinski definition) is 0. The highest BCUT2D eigenvalue weighted by molar-refractivity contribution is 7.07.